The Balaban J connectivity index is 2.47. The highest BCUT2D eigenvalue weighted by Gasteiger charge is 2.13. The molecule has 0 aliphatic heterocycles. The van der Waals surface area contributed by atoms with Crippen molar-refractivity contribution < 1.29 is 9.90 Å². The molecule has 0 aliphatic rings. The minimum absolute atomic E-state index is 0.266. The number of carboxylic acid groups (broad SMARTS) is 1. The van der Waals surface area contributed by atoms with E-state index in [0.29, 0.717) is 31.8 Å². The Morgan fingerprint density at radius 3 is 2.19 bits per heavy atom. The van der Waals surface area contributed by atoms with Crippen molar-refractivity contribution in [1.82, 2.24) is 0 Å². The zero-order valence-electron chi connectivity index (χ0n) is 10.4. The van der Waals surface area contributed by atoms with Crippen LogP contribution in [-0.4, -0.2) is 11.1 Å². The molecule has 1 N–H and O–H groups in total. The Kier molecular flexibility index (Phi) is 5.17. The zero-order valence-corrected chi connectivity index (χ0v) is 13.4. The summed E-state index contributed by atoms with van der Waals surface area (Å²) in [5.74, 6) is -1.03. The van der Waals surface area contributed by atoms with E-state index >= 15 is 0 Å². The standard InChI is InChI=1S/C15H8Cl4O2/c16-11-5-4-10(14(18)15(11)19)9-3-1-8(7-12(9)17)2-6-13(20)21/h1-7H,(H,20,21)/b6-2+. The lowest BCUT2D eigenvalue weighted by Gasteiger charge is -2.10. The normalized spacial score (nSPS) is 11.0. The summed E-state index contributed by atoms with van der Waals surface area (Å²) < 4.78 is 0. The van der Waals surface area contributed by atoms with E-state index in [9.17, 15) is 4.79 Å². The monoisotopic (exact) mass is 360 g/mol. The van der Waals surface area contributed by atoms with Crippen LogP contribution in [0.25, 0.3) is 17.2 Å². The molecule has 0 atom stereocenters. The lowest BCUT2D eigenvalue weighted by molar-refractivity contribution is -0.131. The van der Waals surface area contributed by atoms with Crippen LogP contribution in [0, 0.1) is 0 Å². The molecule has 21 heavy (non-hydrogen) atoms. The van der Waals surface area contributed by atoms with Crippen LogP contribution in [0.5, 0.6) is 0 Å². The van der Waals surface area contributed by atoms with Crippen molar-refractivity contribution in [2.24, 2.45) is 0 Å². The summed E-state index contributed by atoms with van der Waals surface area (Å²) >= 11 is 24.3. The van der Waals surface area contributed by atoms with E-state index < -0.39 is 5.97 Å². The molecule has 0 heterocycles. The van der Waals surface area contributed by atoms with Crippen LogP contribution in [0.15, 0.2) is 36.4 Å². The third kappa shape index (κ3) is 3.72. The molecular formula is C15H8Cl4O2. The summed E-state index contributed by atoms with van der Waals surface area (Å²) in [6, 6.07) is 8.49. The number of benzene rings is 2. The highest BCUT2D eigenvalue weighted by molar-refractivity contribution is 6.49. The minimum atomic E-state index is -1.03. The highest BCUT2D eigenvalue weighted by Crippen LogP contribution is 2.40. The summed E-state index contributed by atoms with van der Waals surface area (Å²) in [5, 5.41) is 9.99. The lowest BCUT2D eigenvalue weighted by Crippen LogP contribution is -1.87. The molecule has 2 aromatic carbocycles. The SMILES string of the molecule is O=C(O)/C=C/c1ccc(-c2ccc(Cl)c(Cl)c2Cl)c(Cl)c1. The number of hydrogen-bond acceptors (Lipinski definition) is 1. The first kappa shape index (κ1) is 16.2. The number of halogens is 4. The highest BCUT2D eigenvalue weighted by atomic mass is 35.5. The van der Waals surface area contributed by atoms with E-state index in [4.69, 9.17) is 51.5 Å². The maximum Gasteiger partial charge on any atom is 0.328 e. The van der Waals surface area contributed by atoms with Crippen LogP contribution in [0.4, 0.5) is 0 Å². The van der Waals surface area contributed by atoms with Gasteiger partial charge in [-0.25, -0.2) is 4.79 Å². The second-order valence-corrected chi connectivity index (χ2v) is 5.70. The molecule has 2 rings (SSSR count). The molecule has 2 nitrogen and oxygen atoms in total. The van der Waals surface area contributed by atoms with Gasteiger partial charge in [-0.1, -0.05) is 64.6 Å². The third-order valence-electron chi connectivity index (χ3n) is 2.74. The van der Waals surface area contributed by atoms with E-state index in [1.807, 2.05) is 0 Å². The van der Waals surface area contributed by atoms with E-state index in [0.717, 1.165) is 6.08 Å². The van der Waals surface area contributed by atoms with Crippen molar-refractivity contribution in [1.29, 1.82) is 0 Å². The molecule has 0 radical (unpaired) electrons. The summed E-state index contributed by atoms with van der Waals surface area (Å²) in [6.45, 7) is 0. The summed E-state index contributed by atoms with van der Waals surface area (Å²) in [5.41, 5.74) is 2.01. The molecular weight excluding hydrogens is 354 g/mol. The average Bonchev–Trinajstić information content (AvgIpc) is 2.44. The van der Waals surface area contributed by atoms with E-state index in [1.54, 1.807) is 30.3 Å². The molecule has 0 spiro atoms. The maximum atomic E-state index is 10.5. The van der Waals surface area contributed by atoms with Crippen molar-refractivity contribution in [3.8, 4) is 11.1 Å². The van der Waals surface area contributed by atoms with Gasteiger partial charge in [0.25, 0.3) is 0 Å². The maximum absolute atomic E-state index is 10.5. The fraction of sp³-hybridized carbons (Fsp3) is 0. The first-order chi connectivity index (χ1) is 9.90. The smallest absolute Gasteiger partial charge is 0.328 e. The predicted octanol–water partition coefficient (Wildman–Crippen LogP) is 6.07. The first-order valence-electron chi connectivity index (χ1n) is 5.74. The molecule has 0 aliphatic carbocycles. The van der Waals surface area contributed by atoms with Crippen molar-refractivity contribution in [2.45, 2.75) is 0 Å². The fourth-order valence-electron chi connectivity index (χ4n) is 1.75. The summed E-state index contributed by atoms with van der Waals surface area (Å²) in [7, 11) is 0. The number of carboxylic acids is 1. The Bertz CT molecular complexity index is 739. The minimum Gasteiger partial charge on any atom is -0.478 e. The zero-order chi connectivity index (χ0) is 15.6. The van der Waals surface area contributed by atoms with Gasteiger partial charge in [0.05, 0.1) is 15.1 Å². The summed E-state index contributed by atoms with van der Waals surface area (Å²) in [6.07, 6.45) is 2.49. The van der Waals surface area contributed by atoms with Crippen LogP contribution in [0.2, 0.25) is 20.1 Å². The van der Waals surface area contributed by atoms with Crippen LogP contribution < -0.4 is 0 Å². The predicted molar refractivity (Wildman–Crippen MR) is 88.6 cm³/mol. The fourth-order valence-corrected chi connectivity index (χ4v) is 2.68. The number of aliphatic carboxylic acids is 1. The molecule has 0 fully saturated rings. The molecule has 0 amide bonds. The Hall–Kier alpha value is -1.19. The molecule has 0 unspecified atom stereocenters. The van der Waals surface area contributed by atoms with E-state index in [-0.39, 0.29) is 5.02 Å². The quantitative estimate of drug-likeness (QED) is 0.532. The van der Waals surface area contributed by atoms with Gasteiger partial charge in [0, 0.05) is 22.2 Å². The van der Waals surface area contributed by atoms with Crippen LogP contribution >= 0.6 is 46.4 Å². The van der Waals surface area contributed by atoms with Crippen molar-refractivity contribution in [2.75, 3.05) is 0 Å². The molecule has 2 aromatic rings. The van der Waals surface area contributed by atoms with Gasteiger partial charge in [-0.15, -0.1) is 0 Å². The Labute approximate surface area is 141 Å². The van der Waals surface area contributed by atoms with E-state index in [1.165, 1.54) is 6.08 Å². The Morgan fingerprint density at radius 1 is 0.905 bits per heavy atom. The van der Waals surface area contributed by atoms with Crippen molar-refractivity contribution in [3.63, 3.8) is 0 Å². The average molecular weight is 362 g/mol. The molecule has 0 saturated carbocycles. The molecule has 0 aromatic heterocycles. The lowest BCUT2D eigenvalue weighted by atomic mass is 10.0. The van der Waals surface area contributed by atoms with Gasteiger partial charge in [-0.3, -0.25) is 0 Å². The van der Waals surface area contributed by atoms with Gasteiger partial charge < -0.3 is 5.11 Å². The number of hydrogen-bond donors (Lipinski definition) is 1. The van der Waals surface area contributed by atoms with Crippen molar-refractivity contribution >= 4 is 58.4 Å². The van der Waals surface area contributed by atoms with Gasteiger partial charge in [-0.05, 0) is 23.8 Å². The van der Waals surface area contributed by atoms with Crippen LogP contribution in [0.3, 0.4) is 0 Å². The molecule has 0 bridgehead atoms. The van der Waals surface area contributed by atoms with Gasteiger partial charge in [0.15, 0.2) is 0 Å². The Morgan fingerprint density at radius 2 is 1.57 bits per heavy atom. The van der Waals surface area contributed by atoms with Gasteiger partial charge in [-0.2, -0.15) is 0 Å². The third-order valence-corrected chi connectivity index (χ3v) is 4.34. The molecule has 6 heteroatoms. The van der Waals surface area contributed by atoms with Crippen LogP contribution in [-0.2, 0) is 4.79 Å². The van der Waals surface area contributed by atoms with E-state index in [2.05, 4.69) is 0 Å². The number of rotatable bonds is 3. The van der Waals surface area contributed by atoms with Crippen LogP contribution in [0.1, 0.15) is 5.56 Å². The topological polar surface area (TPSA) is 37.3 Å². The van der Waals surface area contributed by atoms with Gasteiger partial charge in [0.1, 0.15) is 0 Å². The van der Waals surface area contributed by atoms with Crippen molar-refractivity contribution in [3.05, 3.63) is 62.1 Å². The largest absolute Gasteiger partial charge is 0.478 e. The second kappa shape index (κ2) is 6.71. The second-order valence-electron chi connectivity index (χ2n) is 4.13. The van der Waals surface area contributed by atoms with Gasteiger partial charge >= 0.3 is 5.97 Å². The molecule has 108 valence electrons. The summed E-state index contributed by atoms with van der Waals surface area (Å²) in [4.78, 5) is 10.5. The molecule has 0 saturated heterocycles. The number of carbonyl (C=O) groups is 1. The first-order valence-corrected chi connectivity index (χ1v) is 7.25. The van der Waals surface area contributed by atoms with Gasteiger partial charge in [0.2, 0.25) is 0 Å².